The molecule has 21 heavy (non-hydrogen) atoms. The SMILES string of the molecule is CNC(CN(C)c1ccccc1F)c1ccc(C)c(C)c1. The van der Waals surface area contributed by atoms with Crippen molar-refractivity contribution in [2.75, 3.05) is 25.5 Å². The van der Waals surface area contributed by atoms with Gasteiger partial charge in [0.1, 0.15) is 5.82 Å². The smallest absolute Gasteiger partial charge is 0.146 e. The van der Waals surface area contributed by atoms with Crippen molar-refractivity contribution in [3.05, 3.63) is 65.0 Å². The summed E-state index contributed by atoms with van der Waals surface area (Å²) >= 11 is 0. The third-order valence-electron chi connectivity index (χ3n) is 4.00. The Morgan fingerprint density at radius 1 is 1.10 bits per heavy atom. The second kappa shape index (κ2) is 6.72. The second-order valence-electron chi connectivity index (χ2n) is 5.52. The molecule has 1 atom stereocenters. The molecule has 0 saturated carbocycles. The lowest BCUT2D eigenvalue weighted by Gasteiger charge is -2.26. The fourth-order valence-electron chi connectivity index (χ4n) is 2.48. The number of aryl methyl sites for hydroxylation is 2. The van der Waals surface area contributed by atoms with Crippen LogP contribution in [0.5, 0.6) is 0 Å². The standard InChI is InChI=1S/C18H23FN2/c1-13-9-10-15(11-14(13)2)17(20-3)12-21(4)18-8-6-5-7-16(18)19/h5-11,17,20H,12H2,1-4H3. The van der Waals surface area contributed by atoms with Crippen molar-refractivity contribution < 1.29 is 4.39 Å². The van der Waals surface area contributed by atoms with Crippen molar-refractivity contribution in [1.82, 2.24) is 5.32 Å². The van der Waals surface area contributed by atoms with Crippen molar-refractivity contribution >= 4 is 5.69 Å². The molecule has 0 bridgehead atoms. The van der Waals surface area contributed by atoms with Crippen LogP contribution in [0.25, 0.3) is 0 Å². The lowest BCUT2D eigenvalue weighted by Crippen LogP contribution is -2.31. The zero-order chi connectivity index (χ0) is 15.4. The first-order valence-corrected chi connectivity index (χ1v) is 7.23. The van der Waals surface area contributed by atoms with Gasteiger partial charge in [-0.05, 0) is 49.7 Å². The first kappa shape index (κ1) is 15.5. The Morgan fingerprint density at radius 2 is 1.81 bits per heavy atom. The Bertz CT molecular complexity index is 610. The monoisotopic (exact) mass is 286 g/mol. The summed E-state index contributed by atoms with van der Waals surface area (Å²) in [5.41, 5.74) is 4.42. The molecule has 0 radical (unpaired) electrons. The summed E-state index contributed by atoms with van der Waals surface area (Å²) in [4.78, 5) is 1.95. The van der Waals surface area contributed by atoms with Gasteiger partial charge >= 0.3 is 0 Å². The molecule has 0 aliphatic rings. The molecule has 0 heterocycles. The maximum absolute atomic E-state index is 13.9. The van der Waals surface area contributed by atoms with Crippen LogP contribution in [0.15, 0.2) is 42.5 Å². The molecule has 1 unspecified atom stereocenters. The topological polar surface area (TPSA) is 15.3 Å². The van der Waals surface area contributed by atoms with Crippen LogP contribution >= 0.6 is 0 Å². The van der Waals surface area contributed by atoms with Crippen LogP contribution in [0.1, 0.15) is 22.7 Å². The van der Waals surface area contributed by atoms with Gasteiger partial charge in [0.25, 0.3) is 0 Å². The van der Waals surface area contributed by atoms with E-state index in [1.54, 1.807) is 6.07 Å². The summed E-state index contributed by atoms with van der Waals surface area (Å²) in [6.07, 6.45) is 0. The molecule has 3 heteroatoms. The van der Waals surface area contributed by atoms with Gasteiger partial charge in [0.15, 0.2) is 0 Å². The second-order valence-corrected chi connectivity index (χ2v) is 5.52. The zero-order valence-electron chi connectivity index (χ0n) is 13.2. The van der Waals surface area contributed by atoms with Crippen molar-refractivity contribution in [2.45, 2.75) is 19.9 Å². The molecule has 0 amide bonds. The number of benzene rings is 2. The fourth-order valence-corrected chi connectivity index (χ4v) is 2.48. The number of para-hydroxylation sites is 1. The molecule has 0 fully saturated rings. The summed E-state index contributed by atoms with van der Waals surface area (Å²) in [5, 5.41) is 3.32. The maximum atomic E-state index is 13.9. The predicted molar refractivity (Wildman–Crippen MR) is 87.4 cm³/mol. The number of nitrogens with one attached hydrogen (secondary N) is 1. The molecule has 0 spiro atoms. The highest BCUT2D eigenvalue weighted by molar-refractivity contribution is 5.47. The Labute approximate surface area is 126 Å². The normalized spacial score (nSPS) is 12.2. The average molecular weight is 286 g/mol. The van der Waals surface area contributed by atoms with Gasteiger partial charge in [-0.15, -0.1) is 0 Å². The minimum atomic E-state index is -0.185. The Balaban J connectivity index is 2.19. The molecule has 2 nitrogen and oxygen atoms in total. The van der Waals surface area contributed by atoms with Crippen LogP contribution in [0.4, 0.5) is 10.1 Å². The van der Waals surface area contributed by atoms with Crippen molar-refractivity contribution in [2.24, 2.45) is 0 Å². The van der Waals surface area contributed by atoms with Crippen LogP contribution in [0.3, 0.4) is 0 Å². The lowest BCUT2D eigenvalue weighted by molar-refractivity contribution is 0.574. The molecule has 2 aromatic rings. The van der Waals surface area contributed by atoms with E-state index in [0.29, 0.717) is 12.2 Å². The van der Waals surface area contributed by atoms with Crippen LogP contribution in [-0.2, 0) is 0 Å². The molecule has 0 aliphatic carbocycles. The molecule has 0 aliphatic heterocycles. The van der Waals surface area contributed by atoms with Gasteiger partial charge < -0.3 is 10.2 Å². The minimum Gasteiger partial charge on any atom is -0.370 e. The average Bonchev–Trinajstić information content (AvgIpc) is 2.48. The van der Waals surface area contributed by atoms with Gasteiger partial charge in [0.2, 0.25) is 0 Å². The van der Waals surface area contributed by atoms with Crippen LogP contribution in [0, 0.1) is 19.7 Å². The zero-order valence-corrected chi connectivity index (χ0v) is 13.2. The largest absolute Gasteiger partial charge is 0.370 e. The van der Waals surface area contributed by atoms with E-state index >= 15 is 0 Å². The molecule has 0 aromatic heterocycles. The number of anilines is 1. The van der Waals surface area contributed by atoms with Crippen LogP contribution in [0.2, 0.25) is 0 Å². The molecule has 2 rings (SSSR count). The number of likely N-dealkylation sites (N-methyl/N-ethyl adjacent to an activating group) is 2. The quantitative estimate of drug-likeness (QED) is 0.898. The first-order chi connectivity index (χ1) is 10.0. The predicted octanol–water partition coefficient (Wildman–Crippen LogP) is 3.84. The molecule has 0 saturated heterocycles. The molecule has 1 N–H and O–H groups in total. The van der Waals surface area contributed by atoms with Gasteiger partial charge in [0, 0.05) is 19.6 Å². The third-order valence-corrected chi connectivity index (χ3v) is 4.00. The summed E-state index contributed by atoms with van der Waals surface area (Å²) in [6.45, 7) is 4.94. The van der Waals surface area contributed by atoms with Gasteiger partial charge in [-0.3, -0.25) is 0 Å². The van der Waals surface area contributed by atoms with Crippen molar-refractivity contribution in [3.8, 4) is 0 Å². The molecule has 112 valence electrons. The summed E-state index contributed by atoms with van der Waals surface area (Å²) in [6, 6.07) is 13.5. The summed E-state index contributed by atoms with van der Waals surface area (Å²) < 4.78 is 13.9. The first-order valence-electron chi connectivity index (χ1n) is 7.23. The minimum absolute atomic E-state index is 0.161. The molecular weight excluding hydrogens is 263 g/mol. The lowest BCUT2D eigenvalue weighted by atomic mass is 10.0. The Morgan fingerprint density at radius 3 is 2.43 bits per heavy atom. The maximum Gasteiger partial charge on any atom is 0.146 e. The fraction of sp³-hybridized carbons (Fsp3) is 0.333. The highest BCUT2D eigenvalue weighted by atomic mass is 19.1. The van der Waals surface area contributed by atoms with Gasteiger partial charge in [-0.1, -0.05) is 30.3 Å². The van der Waals surface area contributed by atoms with Crippen LogP contribution < -0.4 is 10.2 Å². The Hall–Kier alpha value is -1.87. The van der Waals surface area contributed by atoms with E-state index in [2.05, 4.69) is 37.4 Å². The van der Waals surface area contributed by atoms with E-state index in [1.807, 2.05) is 31.1 Å². The number of rotatable bonds is 5. The summed E-state index contributed by atoms with van der Waals surface area (Å²) in [5.74, 6) is -0.185. The van der Waals surface area contributed by atoms with Crippen LogP contribution in [-0.4, -0.2) is 20.6 Å². The van der Waals surface area contributed by atoms with Crippen molar-refractivity contribution in [1.29, 1.82) is 0 Å². The number of hydrogen-bond acceptors (Lipinski definition) is 2. The van der Waals surface area contributed by atoms with Gasteiger partial charge in [-0.2, -0.15) is 0 Å². The third kappa shape index (κ3) is 3.61. The number of hydrogen-bond donors (Lipinski definition) is 1. The van der Waals surface area contributed by atoms with Crippen molar-refractivity contribution in [3.63, 3.8) is 0 Å². The van der Waals surface area contributed by atoms with Gasteiger partial charge in [-0.25, -0.2) is 4.39 Å². The summed E-state index contributed by atoms with van der Waals surface area (Å²) in [7, 11) is 3.86. The van der Waals surface area contributed by atoms with E-state index < -0.39 is 0 Å². The van der Waals surface area contributed by atoms with E-state index in [0.717, 1.165) is 0 Å². The number of halogens is 1. The van der Waals surface area contributed by atoms with E-state index in [9.17, 15) is 4.39 Å². The highest BCUT2D eigenvalue weighted by Gasteiger charge is 2.15. The highest BCUT2D eigenvalue weighted by Crippen LogP contribution is 2.22. The van der Waals surface area contributed by atoms with Gasteiger partial charge in [0.05, 0.1) is 5.69 Å². The number of nitrogens with zero attached hydrogens (tertiary/aromatic N) is 1. The molecule has 2 aromatic carbocycles. The van der Waals surface area contributed by atoms with E-state index in [4.69, 9.17) is 0 Å². The Kier molecular flexibility index (Phi) is 4.97. The van der Waals surface area contributed by atoms with E-state index in [1.165, 1.54) is 22.8 Å². The molecular formula is C18H23FN2. The van der Waals surface area contributed by atoms with E-state index in [-0.39, 0.29) is 11.9 Å².